The molecule has 0 aromatic carbocycles. The molecule has 0 aliphatic carbocycles. The van der Waals surface area contributed by atoms with E-state index in [2.05, 4.69) is 6.92 Å². The Kier molecular flexibility index (Phi) is 5.86. The average Bonchev–Trinajstić information content (AvgIpc) is 2.76. The number of halogens is 1. The lowest BCUT2D eigenvalue weighted by Crippen LogP contribution is -2.48. The van der Waals surface area contributed by atoms with E-state index in [-0.39, 0.29) is 12.4 Å². The minimum absolute atomic E-state index is 0. The highest BCUT2D eigenvalue weighted by Crippen LogP contribution is 2.24. The first-order valence-corrected chi connectivity index (χ1v) is 7.89. The third-order valence-corrected chi connectivity index (χ3v) is 5.82. The van der Waals surface area contributed by atoms with Crippen LogP contribution in [0.2, 0.25) is 0 Å². The smallest absolute Gasteiger partial charge is 0.281 e. The van der Waals surface area contributed by atoms with Gasteiger partial charge in [0.15, 0.2) is 0 Å². The topological polar surface area (TPSA) is 66.6 Å². The Morgan fingerprint density at radius 3 is 2.39 bits per heavy atom. The molecule has 0 saturated carbocycles. The Hall–Kier alpha value is 0.120. The standard InChI is InChI=1S/C11H23N3O2S.ClH/c1-10-4-6-14(8-10)17(15,16)13-5-2-3-11(7-12)9-13;/h10-11H,2-9,12H2,1H3;1H. The van der Waals surface area contributed by atoms with Gasteiger partial charge in [-0.25, -0.2) is 0 Å². The minimum atomic E-state index is -3.23. The monoisotopic (exact) mass is 297 g/mol. The Bertz CT molecular complexity index is 363. The number of hydrogen-bond donors (Lipinski definition) is 1. The van der Waals surface area contributed by atoms with Gasteiger partial charge in [-0.3, -0.25) is 0 Å². The molecular formula is C11H24ClN3O2S. The van der Waals surface area contributed by atoms with Gasteiger partial charge in [-0.15, -0.1) is 12.4 Å². The van der Waals surface area contributed by atoms with E-state index in [1.165, 1.54) is 0 Å². The van der Waals surface area contributed by atoms with Gasteiger partial charge >= 0.3 is 0 Å². The molecular weight excluding hydrogens is 274 g/mol. The first-order valence-electron chi connectivity index (χ1n) is 6.49. The first-order chi connectivity index (χ1) is 8.04. The second-order valence-corrected chi connectivity index (χ2v) is 7.29. The Balaban J connectivity index is 0.00000162. The summed E-state index contributed by atoms with van der Waals surface area (Å²) in [6.07, 6.45) is 2.97. The molecule has 5 nitrogen and oxygen atoms in total. The molecule has 2 atom stereocenters. The highest BCUT2D eigenvalue weighted by atomic mass is 35.5. The highest BCUT2D eigenvalue weighted by molar-refractivity contribution is 7.86. The summed E-state index contributed by atoms with van der Waals surface area (Å²) in [5.41, 5.74) is 5.65. The quantitative estimate of drug-likeness (QED) is 0.832. The zero-order valence-electron chi connectivity index (χ0n) is 10.9. The molecule has 2 N–H and O–H groups in total. The van der Waals surface area contributed by atoms with Gasteiger partial charge < -0.3 is 5.73 Å². The van der Waals surface area contributed by atoms with Crippen LogP contribution in [0.15, 0.2) is 0 Å². The molecule has 0 aromatic rings. The third kappa shape index (κ3) is 3.36. The van der Waals surface area contributed by atoms with E-state index >= 15 is 0 Å². The van der Waals surface area contributed by atoms with Crippen molar-refractivity contribution in [3.8, 4) is 0 Å². The van der Waals surface area contributed by atoms with Gasteiger partial charge in [-0.1, -0.05) is 6.92 Å². The lowest BCUT2D eigenvalue weighted by atomic mass is 10.0. The summed E-state index contributed by atoms with van der Waals surface area (Å²) >= 11 is 0. The zero-order valence-corrected chi connectivity index (χ0v) is 12.5. The molecule has 0 spiro atoms. The normalized spacial score (nSPS) is 31.2. The number of piperidine rings is 1. The molecule has 18 heavy (non-hydrogen) atoms. The van der Waals surface area contributed by atoms with Crippen molar-refractivity contribution < 1.29 is 8.42 Å². The van der Waals surface area contributed by atoms with E-state index < -0.39 is 10.2 Å². The van der Waals surface area contributed by atoms with Gasteiger partial charge in [0.2, 0.25) is 0 Å². The van der Waals surface area contributed by atoms with Gasteiger partial charge in [-0.2, -0.15) is 17.0 Å². The lowest BCUT2D eigenvalue weighted by Gasteiger charge is -2.33. The van der Waals surface area contributed by atoms with Crippen molar-refractivity contribution in [2.45, 2.75) is 26.2 Å². The lowest BCUT2D eigenvalue weighted by molar-refractivity contribution is 0.255. The number of hydrogen-bond acceptors (Lipinski definition) is 3. The van der Waals surface area contributed by atoms with Crippen molar-refractivity contribution in [3.05, 3.63) is 0 Å². The van der Waals surface area contributed by atoms with E-state index in [0.29, 0.717) is 44.6 Å². The van der Waals surface area contributed by atoms with Crippen molar-refractivity contribution in [2.24, 2.45) is 17.6 Å². The maximum Gasteiger partial charge on any atom is 0.281 e. The molecule has 108 valence electrons. The Morgan fingerprint density at radius 1 is 1.17 bits per heavy atom. The van der Waals surface area contributed by atoms with Crippen molar-refractivity contribution in [2.75, 3.05) is 32.7 Å². The summed E-state index contributed by atoms with van der Waals surface area (Å²) in [4.78, 5) is 0. The Morgan fingerprint density at radius 2 is 1.83 bits per heavy atom. The molecule has 0 bridgehead atoms. The Labute approximate surface area is 116 Å². The van der Waals surface area contributed by atoms with Crippen LogP contribution in [0.25, 0.3) is 0 Å². The second kappa shape index (κ2) is 6.52. The molecule has 0 amide bonds. The fourth-order valence-electron chi connectivity index (χ4n) is 2.70. The van der Waals surface area contributed by atoms with Crippen LogP contribution >= 0.6 is 12.4 Å². The molecule has 2 fully saturated rings. The number of nitrogens with zero attached hydrogens (tertiary/aromatic N) is 2. The average molecular weight is 298 g/mol. The molecule has 2 rings (SSSR count). The van der Waals surface area contributed by atoms with E-state index in [1.54, 1.807) is 8.61 Å². The summed E-state index contributed by atoms with van der Waals surface area (Å²) in [6.45, 7) is 5.30. The van der Waals surface area contributed by atoms with Crippen LogP contribution in [0.3, 0.4) is 0 Å². The first kappa shape index (κ1) is 16.2. The summed E-state index contributed by atoms with van der Waals surface area (Å²) in [5.74, 6) is 0.818. The van der Waals surface area contributed by atoms with Crippen LogP contribution < -0.4 is 5.73 Å². The molecule has 0 radical (unpaired) electrons. The van der Waals surface area contributed by atoms with Crippen LogP contribution in [-0.4, -0.2) is 49.8 Å². The molecule has 2 aliphatic heterocycles. The number of nitrogens with two attached hydrogens (primary N) is 1. The van der Waals surface area contributed by atoms with Gasteiger partial charge in [0.1, 0.15) is 0 Å². The summed E-state index contributed by atoms with van der Waals surface area (Å²) in [5, 5.41) is 0. The summed E-state index contributed by atoms with van der Waals surface area (Å²) < 4.78 is 28.1. The summed E-state index contributed by atoms with van der Waals surface area (Å²) in [7, 11) is -3.23. The maximum absolute atomic E-state index is 12.4. The van der Waals surface area contributed by atoms with E-state index in [4.69, 9.17) is 5.73 Å². The molecule has 7 heteroatoms. The molecule has 2 unspecified atom stereocenters. The third-order valence-electron chi connectivity index (χ3n) is 3.85. The number of rotatable bonds is 3. The van der Waals surface area contributed by atoms with E-state index in [1.807, 2.05) is 0 Å². The summed E-state index contributed by atoms with van der Waals surface area (Å²) in [6, 6.07) is 0. The van der Waals surface area contributed by atoms with Crippen LogP contribution in [0.5, 0.6) is 0 Å². The zero-order chi connectivity index (χ0) is 12.5. The predicted octanol–water partition coefficient (Wildman–Crippen LogP) is 0.666. The van der Waals surface area contributed by atoms with E-state index in [9.17, 15) is 8.42 Å². The van der Waals surface area contributed by atoms with Crippen molar-refractivity contribution >= 4 is 22.6 Å². The molecule has 2 aliphatic rings. The van der Waals surface area contributed by atoms with Crippen LogP contribution in [-0.2, 0) is 10.2 Å². The van der Waals surface area contributed by atoms with Crippen LogP contribution in [0.4, 0.5) is 0 Å². The van der Waals surface area contributed by atoms with Crippen molar-refractivity contribution in [1.82, 2.24) is 8.61 Å². The minimum Gasteiger partial charge on any atom is -0.330 e. The second-order valence-electron chi connectivity index (χ2n) is 5.36. The van der Waals surface area contributed by atoms with Gasteiger partial charge in [0.05, 0.1) is 0 Å². The van der Waals surface area contributed by atoms with Gasteiger partial charge in [0.25, 0.3) is 10.2 Å². The van der Waals surface area contributed by atoms with E-state index in [0.717, 1.165) is 19.3 Å². The van der Waals surface area contributed by atoms with Crippen molar-refractivity contribution in [3.63, 3.8) is 0 Å². The van der Waals surface area contributed by atoms with Crippen LogP contribution in [0.1, 0.15) is 26.2 Å². The molecule has 2 heterocycles. The largest absolute Gasteiger partial charge is 0.330 e. The SMILES string of the molecule is CC1CCN(S(=O)(=O)N2CCCC(CN)C2)C1.Cl. The fourth-order valence-corrected chi connectivity index (χ4v) is 4.56. The highest BCUT2D eigenvalue weighted by Gasteiger charge is 2.36. The maximum atomic E-state index is 12.4. The van der Waals surface area contributed by atoms with Crippen molar-refractivity contribution in [1.29, 1.82) is 0 Å². The van der Waals surface area contributed by atoms with Gasteiger partial charge in [-0.05, 0) is 37.6 Å². The molecule has 2 saturated heterocycles. The van der Waals surface area contributed by atoms with Gasteiger partial charge in [0, 0.05) is 26.2 Å². The van der Waals surface area contributed by atoms with Crippen LogP contribution in [0, 0.1) is 11.8 Å². The molecule has 0 aromatic heterocycles. The fraction of sp³-hybridized carbons (Fsp3) is 1.00. The predicted molar refractivity (Wildman–Crippen MR) is 74.9 cm³/mol.